The van der Waals surface area contributed by atoms with Gasteiger partial charge in [0, 0.05) is 17.9 Å². The number of amides is 3. The Labute approximate surface area is 195 Å². The third kappa shape index (κ3) is 9.16. The molecule has 1 aromatic carbocycles. The van der Waals surface area contributed by atoms with E-state index in [0.29, 0.717) is 5.56 Å². The molecule has 0 aliphatic heterocycles. The first-order valence-corrected chi connectivity index (χ1v) is 10.7. The van der Waals surface area contributed by atoms with Gasteiger partial charge < -0.3 is 31.9 Å². The first kappa shape index (κ1) is 27.3. The van der Waals surface area contributed by atoms with E-state index in [-0.39, 0.29) is 17.9 Å². The van der Waals surface area contributed by atoms with Gasteiger partial charge in [-0.15, -0.1) is 0 Å². The van der Waals surface area contributed by atoms with E-state index < -0.39 is 60.2 Å². The summed E-state index contributed by atoms with van der Waals surface area (Å²) in [4.78, 5) is 59.4. The van der Waals surface area contributed by atoms with Gasteiger partial charge in [-0.3, -0.25) is 19.2 Å². The third-order valence-electron chi connectivity index (χ3n) is 4.26. The molecular formula is C19H26N4O7S2. The monoisotopic (exact) mass is 486 g/mol. The molecule has 0 fully saturated rings. The van der Waals surface area contributed by atoms with Gasteiger partial charge in [0.1, 0.15) is 18.1 Å². The molecule has 1 rings (SSSR count). The Bertz CT molecular complexity index is 825. The predicted octanol–water partition coefficient (Wildman–Crippen LogP) is -1.57. The Balaban J connectivity index is 2.96. The van der Waals surface area contributed by atoms with Crippen molar-refractivity contribution in [3.63, 3.8) is 0 Å². The highest BCUT2D eigenvalue weighted by Crippen LogP contribution is 2.05. The Morgan fingerprint density at radius 1 is 0.812 bits per heavy atom. The number of carboxylic acids is 2. The number of aliphatic carboxylic acids is 2. The number of carbonyl (C=O) groups excluding carboxylic acids is 3. The summed E-state index contributed by atoms with van der Waals surface area (Å²) in [5.74, 6) is -5.29. The molecule has 1 aromatic rings. The van der Waals surface area contributed by atoms with Gasteiger partial charge >= 0.3 is 11.9 Å². The largest absolute Gasteiger partial charge is 0.481 e. The summed E-state index contributed by atoms with van der Waals surface area (Å²) < 4.78 is 0. The fourth-order valence-electron chi connectivity index (χ4n) is 2.54. The minimum atomic E-state index is -1.38. The van der Waals surface area contributed by atoms with Crippen molar-refractivity contribution in [3.8, 4) is 0 Å². The average molecular weight is 487 g/mol. The van der Waals surface area contributed by atoms with Crippen LogP contribution in [-0.4, -0.2) is 75.5 Å². The number of carbonyl (C=O) groups is 5. The van der Waals surface area contributed by atoms with Crippen LogP contribution in [-0.2, 0) is 30.4 Å². The number of carboxylic acid groups (broad SMARTS) is 2. The Morgan fingerprint density at radius 3 is 1.81 bits per heavy atom. The lowest BCUT2D eigenvalue weighted by molar-refractivity contribution is -0.141. The lowest BCUT2D eigenvalue weighted by atomic mass is 10.0. The minimum Gasteiger partial charge on any atom is -0.481 e. The van der Waals surface area contributed by atoms with Crippen molar-refractivity contribution in [3.05, 3.63) is 35.9 Å². The molecule has 3 amide bonds. The van der Waals surface area contributed by atoms with Crippen molar-refractivity contribution >= 4 is 54.9 Å². The summed E-state index contributed by atoms with van der Waals surface area (Å²) in [7, 11) is 0. The molecule has 13 heteroatoms. The fraction of sp³-hybridized carbons (Fsp3) is 0.421. The zero-order valence-electron chi connectivity index (χ0n) is 16.9. The molecule has 0 bridgehead atoms. The summed E-state index contributed by atoms with van der Waals surface area (Å²) in [6, 6.07) is 3.67. The Morgan fingerprint density at radius 2 is 1.31 bits per heavy atom. The van der Waals surface area contributed by atoms with E-state index in [2.05, 4.69) is 41.2 Å². The number of thiol groups is 2. The van der Waals surface area contributed by atoms with Crippen LogP contribution < -0.4 is 21.7 Å². The molecule has 32 heavy (non-hydrogen) atoms. The van der Waals surface area contributed by atoms with Gasteiger partial charge in [-0.1, -0.05) is 30.3 Å². The van der Waals surface area contributed by atoms with E-state index in [1.807, 2.05) is 0 Å². The van der Waals surface area contributed by atoms with Crippen LogP contribution in [0.2, 0.25) is 0 Å². The van der Waals surface area contributed by atoms with E-state index in [1.54, 1.807) is 30.3 Å². The lowest BCUT2D eigenvalue weighted by Gasteiger charge is -2.24. The molecule has 0 heterocycles. The second-order valence-corrected chi connectivity index (χ2v) is 7.51. The van der Waals surface area contributed by atoms with Crippen LogP contribution in [0.1, 0.15) is 12.0 Å². The van der Waals surface area contributed by atoms with E-state index in [0.717, 1.165) is 0 Å². The quantitative estimate of drug-likeness (QED) is 0.154. The molecule has 0 aromatic heterocycles. The molecule has 176 valence electrons. The average Bonchev–Trinajstić information content (AvgIpc) is 2.74. The standard InChI is InChI=1S/C19H26N4O7S2/c20-11(7-15(24)25)16(26)22-13(8-31)18(28)21-12(6-10-4-2-1-3-5-10)17(27)23-14(9-32)19(29)30/h1-5,11-14,31-32H,6-9,20H2,(H,21,28)(H,22,26)(H,23,27)(H,24,25)(H,29,30)/t11-,12-,13-,14-/m0/s1. The maximum Gasteiger partial charge on any atom is 0.327 e. The van der Waals surface area contributed by atoms with Gasteiger partial charge in [-0.25, -0.2) is 4.79 Å². The minimum absolute atomic E-state index is 0.0447. The van der Waals surface area contributed by atoms with Gasteiger partial charge in [0.05, 0.1) is 12.5 Å². The Hall–Kier alpha value is -2.77. The second kappa shape index (κ2) is 13.6. The van der Waals surface area contributed by atoms with Gasteiger partial charge in [0.25, 0.3) is 0 Å². The molecule has 4 atom stereocenters. The molecule has 0 aliphatic rings. The SMILES string of the molecule is N[C@@H](CC(=O)O)C(=O)N[C@@H](CS)C(=O)N[C@@H](Cc1ccccc1)C(=O)N[C@@H](CS)C(=O)O. The van der Waals surface area contributed by atoms with Crippen LogP contribution in [0.25, 0.3) is 0 Å². The maximum absolute atomic E-state index is 12.7. The van der Waals surface area contributed by atoms with Crippen LogP contribution in [0.15, 0.2) is 30.3 Å². The topological polar surface area (TPSA) is 188 Å². The molecule has 0 radical (unpaired) electrons. The highest BCUT2D eigenvalue weighted by molar-refractivity contribution is 7.80. The highest BCUT2D eigenvalue weighted by atomic mass is 32.1. The van der Waals surface area contributed by atoms with Crippen molar-refractivity contribution in [2.75, 3.05) is 11.5 Å². The number of nitrogens with one attached hydrogen (secondary N) is 3. The van der Waals surface area contributed by atoms with Crippen LogP contribution >= 0.6 is 25.3 Å². The van der Waals surface area contributed by atoms with Crippen molar-refractivity contribution < 1.29 is 34.2 Å². The van der Waals surface area contributed by atoms with Gasteiger partial charge in [0.15, 0.2) is 0 Å². The molecule has 0 unspecified atom stereocenters. The van der Waals surface area contributed by atoms with Crippen LogP contribution in [0, 0.1) is 0 Å². The molecule has 11 nitrogen and oxygen atoms in total. The van der Waals surface area contributed by atoms with Crippen molar-refractivity contribution in [1.82, 2.24) is 16.0 Å². The summed E-state index contributed by atoms with van der Waals surface area (Å²) in [5, 5.41) is 25.0. The smallest absolute Gasteiger partial charge is 0.327 e. The molecule has 0 saturated carbocycles. The normalized spacial score (nSPS) is 14.3. The van der Waals surface area contributed by atoms with E-state index in [9.17, 15) is 24.0 Å². The summed E-state index contributed by atoms with van der Waals surface area (Å²) in [6.45, 7) is 0. The van der Waals surface area contributed by atoms with Crippen LogP contribution in [0.4, 0.5) is 0 Å². The van der Waals surface area contributed by atoms with E-state index in [4.69, 9.17) is 15.9 Å². The van der Waals surface area contributed by atoms with Crippen LogP contribution in [0.5, 0.6) is 0 Å². The zero-order chi connectivity index (χ0) is 24.3. The van der Waals surface area contributed by atoms with Gasteiger partial charge in [-0.2, -0.15) is 25.3 Å². The van der Waals surface area contributed by atoms with Crippen LogP contribution in [0.3, 0.4) is 0 Å². The summed E-state index contributed by atoms with van der Waals surface area (Å²) in [5.41, 5.74) is 6.19. The van der Waals surface area contributed by atoms with Gasteiger partial charge in [0.2, 0.25) is 17.7 Å². The van der Waals surface area contributed by atoms with E-state index in [1.165, 1.54) is 0 Å². The molecular weight excluding hydrogens is 460 g/mol. The number of benzene rings is 1. The number of nitrogens with two attached hydrogens (primary N) is 1. The molecule has 7 N–H and O–H groups in total. The summed E-state index contributed by atoms with van der Waals surface area (Å²) >= 11 is 7.92. The van der Waals surface area contributed by atoms with E-state index >= 15 is 0 Å². The summed E-state index contributed by atoms with van der Waals surface area (Å²) in [6.07, 6.45) is -0.588. The number of rotatable bonds is 13. The van der Waals surface area contributed by atoms with Gasteiger partial charge in [-0.05, 0) is 5.56 Å². The first-order chi connectivity index (χ1) is 15.1. The second-order valence-electron chi connectivity index (χ2n) is 6.78. The highest BCUT2D eigenvalue weighted by Gasteiger charge is 2.30. The molecule has 0 aliphatic carbocycles. The van der Waals surface area contributed by atoms with Crippen molar-refractivity contribution in [2.45, 2.75) is 37.0 Å². The first-order valence-electron chi connectivity index (χ1n) is 9.46. The zero-order valence-corrected chi connectivity index (χ0v) is 18.7. The number of hydrogen-bond donors (Lipinski definition) is 8. The third-order valence-corrected chi connectivity index (χ3v) is 4.99. The maximum atomic E-state index is 12.7. The number of hydrogen-bond acceptors (Lipinski definition) is 8. The lowest BCUT2D eigenvalue weighted by Crippen LogP contribution is -2.58. The van der Waals surface area contributed by atoms with Crippen molar-refractivity contribution in [1.29, 1.82) is 0 Å². The molecule has 0 saturated heterocycles. The predicted molar refractivity (Wildman–Crippen MR) is 122 cm³/mol. The van der Waals surface area contributed by atoms with Crippen molar-refractivity contribution in [2.24, 2.45) is 5.73 Å². The fourth-order valence-corrected chi connectivity index (χ4v) is 3.05. The molecule has 0 spiro atoms. The Kier molecular flexibility index (Phi) is 11.6.